The molecule has 0 rings (SSSR count). The predicted molar refractivity (Wildman–Crippen MR) is 51.3 cm³/mol. The van der Waals surface area contributed by atoms with Gasteiger partial charge in [0.2, 0.25) is 5.91 Å². The minimum atomic E-state index is -1.03. The van der Waals surface area contributed by atoms with Crippen LogP contribution in [0.5, 0.6) is 0 Å². The first-order chi connectivity index (χ1) is 5.95. The molecule has 5 nitrogen and oxygen atoms in total. The van der Waals surface area contributed by atoms with E-state index in [1.807, 2.05) is 0 Å². The van der Waals surface area contributed by atoms with Crippen LogP contribution in [0.25, 0.3) is 0 Å². The third-order valence-corrected chi connectivity index (χ3v) is 2.80. The van der Waals surface area contributed by atoms with Crippen LogP contribution >= 0.6 is 11.8 Å². The standard InChI is InChI=1S/C7H14N2O3S/c1-4(6(9)10)2-13-3-5(8)7(11)12/h4-5H,2-3,8H2,1H3,(H2,9,10)(H,11,12). The molecule has 0 bridgehead atoms. The topological polar surface area (TPSA) is 106 Å². The number of carboxylic acid groups (broad SMARTS) is 1. The van der Waals surface area contributed by atoms with Gasteiger partial charge in [-0.3, -0.25) is 9.59 Å². The van der Waals surface area contributed by atoms with Gasteiger partial charge in [-0.15, -0.1) is 0 Å². The Morgan fingerprint density at radius 2 is 2.00 bits per heavy atom. The summed E-state index contributed by atoms with van der Waals surface area (Å²) in [5.74, 6) is -0.842. The summed E-state index contributed by atoms with van der Waals surface area (Å²) in [5, 5.41) is 8.43. The van der Waals surface area contributed by atoms with Gasteiger partial charge in [0.15, 0.2) is 0 Å². The Balaban J connectivity index is 3.56. The summed E-state index contributed by atoms with van der Waals surface area (Å²) in [7, 11) is 0. The Labute approximate surface area is 80.8 Å². The van der Waals surface area contributed by atoms with Gasteiger partial charge in [0.05, 0.1) is 0 Å². The highest BCUT2D eigenvalue weighted by Crippen LogP contribution is 2.08. The summed E-state index contributed by atoms with van der Waals surface area (Å²) in [6, 6.07) is -0.870. The molecule has 6 heteroatoms. The lowest BCUT2D eigenvalue weighted by Crippen LogP contribution is -2.33. The average Bonchev–Trinajstić information content (AvgIpc) is 2.03. The molecule has 0 radical (unpaired) electrons. The Morgan fingerprint density at radius 3 is 2.38 bits per heavy atom. The van der Waals surface area contributed by atoms with Crippen LogP contribution in [-0.2, 0) is 9.59 Å². The average molecular weight is 206 g/mol. The van der Waals surface area contributed by atoms with Gasteiger partial charge in [-0.25, -0.2) is 0 Å². The number of nitrogens with two attached hydrogens (primary N) is 2. The first-order valence-electron chi connectivity index (χ1n) is 3.80. The van der Waals surface area contributed by atoms with Crippen molar-refractivity contribution in [2.75, 3.05) is 11.5 Å². The summed E-state index contributed by atoms with van der Waals surface area (Å²) in [5.41, 5.74) is 10.3. The fourth-order valence-electron chi connectivity index (χ4n) is 0.525. The number of aliphatic carboxylic acids is 1. The molecule has 0 saturated heterocycles. The van der Waals surface area contributed by atoms with Gasteiger partial charge in [-0.05, 0) is 0 Å². The highest BCUT2D eigenvalue weighted by molar-refractivity contribution is 7.99. The molecule has 0 aliphatic heterocycles. The molecule has 2 atom stereocenters. The molecule has 0 aliphatic carbocycles. The number of carbonyl (C=O) groups excluding carboxylic acids is 1. The van der Waals surface area contributed by atoms with E-state index < -0.39 is 12.0 Å². The molecule has 0 heterocycles. The molecule has 1 amide bonds. The second kappa shape index (κ2) is 5.82. The molecule has 0 spiro atoms. The van der Waals surface area contributed by atoms with E-state index in [1.165, 1.54) is 11.8 Å². The number of carboxylic acids is 1. The van der Waals surface area contributed by atoms with E-state index in [0.29, 0.717) is 11.5 Å². The van der Waals surface area contributed by atoms with E-state index in [0.717, 1.165) is 0 Å². The molecule has 0 aliphatic rings. The summed E-state index contributed by atoms with van der Waals surface area (Å²) < 4.78 is 0. The molecular weight excluding hydrogens is 192 g/mol. The molecule has 13 heavy (non-hydrogen) atoms. The summed E-state index contributed by atoms with van der Waals surface area (Å²) >= 11 is 1.32. The number of amides is 1. The first-order valence-corrected chi connectivity index (χ1v) is 4.96. The predicted octanol–water partition coefficient (Wildman–Crippen LogP) is -0.747. The lowest BCUT2D eigenvalue weighted by atomic mass is 10.2. The van der Waals surface area contributed by atoms with Crippen molar-refractivity contribution >= 4 is 23.6 Å². The zero-order chi connectivity index (χ0) is 10.4. The Hall–Kier alpha value is -0.750. The van der Waals surface area contributed by atoms with Crippen molar-refractivity contribution in [1.82, 2.24) is 0 Å². The quantitative estimate of drug-likeness (QED) is 0.530. The van der Waals surface area contributed by atoms with E-state index in [1.54, 1.807) is 6.92 Å². The number of hydrogen-bond donors (Lipinski definition) is 3. The Kier molecular flexibility index (Phi) is 5.48. The first kappa shape index (κ1) is 12.2. The van der Waals surface area contributed by atoms with Gasteiger partial charge in [0.25, 0.3) is 0 Å². The van der Waals surface area contributed by atoms with E-state index >= 15 is 0 Å². The highest BCUT2D eigenvalue weighted by Gasteiger charge is 2.13. The van der Waals surface area contributed by atoms with Crippen molar-refractivity contribution in [3.63, 3.8) is 0 Å². The fourth-order valence-corrected chi connectivity index (χ4v) is 1.58. The van der Waals surface area contributed by atoms with E-state index in [9.17, 15) is 9.59 Å². The number of rotatable bonds is 6. The maximum absolute atomic E-state index is 10.6. The fraction of sp³-hybridized carbons (Fsp3) is 0.714. The number of carbonyl (C=O) groups is 2. The van der Waals surface area contributed by atoms with Crippen molar-refractivity contribution in [2.45, 2.75) is 13.0 Å². The maximum Gasteiger partial charge on any atom is 0.321 e. The normalized spacial score (nSPS) is 14.9. The summed E-state index contributed by atoms with van der Waals surface area (Å²) in [6.07, 6.45) is 0. The zero-order valence-corrected chi connectivity index (χ0v) is 8.21. The molecule has 2 unspecified atom stereocenters. The van der Waals surface area contributed by atoms with Gasteiger partial charge in [-0.1, -0.05) is 6.92 Å². The monoisotopic (exact) mass is 206 g/mol. The van der Waals surface area contributed by atoms with Gasteiger partial charge in [-0.2, -0.15) is 11.8 Å². The molecule has 5 N–H and O–H groups in total. The molecule has 0 aromatic heterocycles. The summed E-state index contributed by atoms with van der Waals surface area (Å²) in [6.45, 7) is 1.70. The molecule has 0 aromatic carbocycles. The molecule has 76 valence electrons. The number of hydrogen-bond acceptors (Lipinski definition) is 4. The number of primary amides is 1. The second-order valence-electron chi connectivity index (χ2n) is 2.79. The van der Waals surface area contributed by atoms with E-state index in [2.05, 4.69) is 0 Å². The maximum atomic E-state index is 10.6. The smallest absolute Gasteiger partial charge is 0.321 e. The van der Waals surface area contributed by atoms with Crippen molar-refractivity contribution in [3.05, 3.63) is 0 Å². The van der Waals surface area contributed by atoms with Crippen LogP contribution in [0, 0.1) is 5.92 Å². The molecule has 0 fully saturated rings. The highest BCUT2D eigenvalue weighted by atomic mass is 32.2. The van der Waals surface area contributed by atoms with Crippen LogP contribution in [0.2, 0.25) is 0 Å². The SMILES string of the molecule is CC(CSCC(N)C(=O)O)C(N)=O. The van der Waals surface area contributed by atoms with Crippen molar-refractivity contribution < 1.29 is 14.7 Å². The largest absolute Gasteiger partial charge is 0.480 e. The molecule has 0 saturated carbocycles. The third kappa shape index (κ3) is 5.48. The van der Waals surface area contributed by atoms with Crippen molar-refractivity contribution in [2.24, 2.45) is 17.4 Å². The van der Waals surface area contributed by atoms with Gasteiger partial charge in [0.1, 0.15) is 6.04 Å². The van der Waals surface area contributed by atoms with Gasteiger partial charge >= 0.3 is 5.97 Å². The third-order valence-electron chi connectivity index (χ3n) is 1.47. The van der Waals surface area contributed by atoms with E-state index in [4.69, 9.17) is 16.6 Å². The number of thioether (sulfide) groups is 1. The van der Waals surface area contributed by atoms with Gasteiger partial charge < -0.3 is 16.6 Å². The second-order valence-corrected chi connectivity index (χ2v) is 3.86. The van der Waals surface area contributed by atoms with Crippen LogP contribution in [0.4, 0.5) is 0 Å². The minimum Gasteiger partial charge on any atom is -0.480 e. The molecular formula is C7H14N2O3S. The van der Waals surface area contributed by atoms with Crippen LogP contribution in [0.3, 0.4) is 0 Å². The minimum absolute atomic E-state index is 0.244. The van der Waals surface area contributed by atoms with Crippen LogP contribution < -0.4 is 11.5 Å². The lowest BCUT2D eigenvalue weighted by molar-refractivity contribution is -0.137. The summed E-state index contributed by atoms with van der Waals surface area (Å²) in [4.78, 5) is 20.8. The van der Waals surface area contributed by atoms with E-state index in [-0.39, 0.29) is 11.8 Å². The van der Waals surface area contributed by atoms with Crippen molar-refractivity contribution in [1.29, 1.82) is 0 Å². The van der Waals surface area contributed by atoms with Crippen molar-refractivity contribution in [3.8, 4) is 0 Å². The lowest BCUT2D eigenvalue weighted by Gasteiger charge is -2.08. The zero-order valence-electron chi connectivity index (χ0n) is 7.40. The van der Waals surface area contributed by atoms with Crippen LogP contribution in [-0.4, -0.2) is 34.5 Å². The Bertz CT molecular complexity index is 178. The Morgan fingerprint density at radius 1 is 1.46 bits per heavy atom. The van der Waals surface area contributed by atoms with Crippen LogP contribution in [0.15, 0.2) is 0 Å². The van der Waals surface area contributed by atoms with Crippen LogP contribution in [0.1, 0.15) is 6.92 Å². The molecule has 0 aromatic rings. The van der Waals surface area contributed by atoms with Gasteiger partial charge in [0, 0.05) is 17.4 Å².